The predicted molar refractivity (Wildman–Crippen MR) is 114 cm³/mol. The van der Waals surface area contributed by atoms with Crippen LogP contribution >= 0.6 is 0 Å². The standard InChI is InChI=1S/C22H46O4S.K/c1-3-5-14-19-22(27(24,25)26)20-16-13-11-9-7-8-10-12-15-18-21(23)17-6-4-2;/h21-23H,3-20H2,1-2H3,(H,24,25,26);/q;+1/p-1. The molecule has 2 unspecified atom stereocenters. The average Bonchev–Trinajstić information content (AvgIpc) is 2.62. The molecule has 0 fully saturated rings. The summed E-state index contributed by atoms with van der Waals surface area (Å²) in [6.45, 7) is 4.24. The van der Waals surface area contributed by atoms with Crippen LogP contribution in [0, 0.1) is 0 Å². The van der Waals surface area contributed by atoms with Gasteiger partial charge < -0.3 is 9.66 Å². The molecule has 0 saturated carbocycles. The van der Waals surface area contributed by atoms with Crippen molar-refractivity contribution in [3.63, 3.8) is 0 Å². The molecule has 6 heteroatoms. The van der Waals surface area contributed by atoms with E-state index >= 15 is 0 Å². The quantitative estimate of drug-likeness (QED) is 0.177. The Morgan fingerprint density at radius 3 is 1.43 bits per heavy atom. The molecule has 0 bridgehead atoms. The summed E-state index contributed by atoms with van der Waals surface area (Å²) in [6.07, 6.45) is 18.3. The summed E-state index contributed by atoms with van der Waals surface area (Å²) >= 11 is 0. The third kappa shape index (κ3) is 20.8. The van der Waals surface area contributed by atoms with Crippen LogP contribution in [0.4, 0.5) is 0 Å². The van der Waals surface area contributed by atoms with Gasteiger partial charge in [0, 0.05) is 5.25 Å². The minimum atomic E-state index is -4.14. The summed E-state index contributed by atoms with van der Waals surface area (Å²) in [6, 6.07) is 0. The van der Waals surface area contributed by atoms with Crippen LogP contribution in [0.1, 0.15) is 129 Å². The van der Waals surface area contributed by atoms with Crippen molar-refractivity contribution in [1.29, 1.82) is 0 Å². The molecule has 0 amide bonds. The van der Waals surface area contributed by atoms with Crippen LogP contribution in [0.5, 0.6) is 0 Å². The van der Waals surface area contributed by atoms with Gasteiger partial charge in [0.15, 0.2) is 0 Å². The topological polar surface area (TPSA) is 77.4 Å². The second-order valence-corrected chi connectivity index (χ2v) is 9.82. The van der Waals surface area contributed by atoms with E-state index < -0.39 is 15.4 Å². The van der Waals surface area contributed by atoms with Crippen LogP contribution in [0.2, 0.25) is 0 Å². The summed E-state index contributed by atoms with van der Waals surface area (Å²) < 4.78 is 34.0. The maximum Gasteiger partial charge on any atom is 1.00 e. The van der Waals surface area contributed by atoms with E-state index in [-0.39, 0.29) is 57.5 Å². The SMILES string of the molecule is CCCCCC(CCCCCCCCCCCC(O)CCCC)S(=O)(=O)[O-].[K+]. The molecular weight excluding hydrogens is 399 g/mol. The maximum absolute atomic E-state index is 11.3. The number of hydrogen-bond acceptors (Lipinski definition) is 4. The second kappa shape index (κ2) is 21.7. The minimum absolute atomic E-state index is 0. The summed E-state index contributed by atoms with van der Waals surface area (Å²) in [7, 11) is -4.14. The van der Waals surface area contributed by atoms with Gasteiger partial charge in [0.2, 0.25) is 0 Å². The first kappa shape index (κ1) is 31.7. The number of aliphatic hydroxyl groups excluding tert-OH is 1. The molecule has 1 N–H and O–H groups in total. The van der Waals surface area contributed by atoms with Gasteiger partial charge in [-0.25, -0.2) is 8.42 Å². The fourth-order valence-electron chi connectivity index (χ4n) is 3.63. The average molecular weight is 445 g/mol. The van der Waals surface area contributed by atoms with Crippen LogP contribution in [0.25, 0.3) is 0 Å². The molecule has 28 heavy (non-hydrogen) atoms. The Balaban J connectivity index is 0. The first-order valence-corrected chi connectivity index (χ1v) is 13.0. The van der Waals surface area contributed by atoms with Crippen LogP contribution < -0.4 is 51.4 Å². The van der Waals surface area contributed by atoms with Gasteiger partial charge in [-0.15, -0.1) is 0 Å². The van der Waals surface area contributed by atoms with E-state index in [9.17, 15) is 18.1 Å². The van der Waals surface area contributed by atoms with Gasteiger partial charge >= 0.3 is 51.4 Å². The van der Waals surface area contributed by atoms with E-state index in [1.165, 1.54) is 32.1 Å². The summed E-state index contributed by atoms with van der Waals surface area (Å²) in [5, 5.41) is 9.13. The van der Waals surface area contributed by atoms with Crippen LogP contribution in [-0.2, 0) is 10.1 Å². The van der Waals surface area contributed by atoms with Crippen LogP contribution in [-0.4, -0.2) is 29.4 Å². The van der Waals surface area contributed by atoms with Crippen molar-refractivity contribution in [3.05, 3.63) is 0 Å². The van der Waals surface area contributed by atoms with E-state index in [2.05, 4.69) is 13.8 Å². The third-order valence-corrected chi connectivity index (χ3v) is 6.78. The van der Waals surface area contributed by atoms with Crippen LogP contribution in [0.3, 0.4) is 0 Å². The molecule has 0 radical (unpaired) electrons. The summed E-state index contributed by atoms with van der Waals surface area (Å²) in [4.78, 5) is 0. The van der Waals surface area contributed by atoms with Crippen molar-refractivity contribution in [1.82, 2.24) is 0 Å². The molecule has 0 saturated heterocycles. The van der Waals surface area contributed by atoms with E-state index in [1.54, 1.807) is 0 Å². The van der Waals surface area contributed by atoms with Crippen molar-refractivity contribution in [2.24, 2.45) is 0 Å². The molecule has 0 aliphatic carbocycles. The van der Waals surface area contributed by atoms with Crippen LogP contribution in [0.15, 0.2) is 0 Å². The first-order chi connectivity index (χ1) is 12.9. The monoisotopic (exact) mass is 444 g/mol. The normalized spacial score (nSPS) is 13.9. The molecular formula is C22H45KO4S. The van der Waals surface area contributed by atoms with E-state index in [0.29, 0.717) is 12.8 Å². The Morgan fingerprint density at radius 1 is 0.643 bits per heavy atom. The van der Waals surface area contributed by atoms with Crippen molar-refractivity contribution in [2.75, 3.05) is 0 Å². The Morgan fingerprint density at radius 2 is 1.00 bits per heavy atom. The second-order valence-electron chi connectivity index (χ2n) is 8.17. The maximum atomic E-state index is 11.3. The zero-order chi connectivity index (χ0) is 20.4. The largest absolute Gasteiger partial charge is 1.00 e. The van der Waals surface area contributed by atoms with Gasteiger partial charge in [0.25, 0.3) is 0 Å². The molecule has 4 nitrogen and oxygen atoms in total. The summed E-state index contributed by atoms with van der Waals surface area (Å²) in [5.74, 6) is 0. The van der Waals surface area contributed by atoms with Crippen molar-refractivity contribution in [2.45, 2.75) is 141 Å². The smallest absolute Gasteiger partial charge is 0.748 e. The third-order valence-electron chi connectivity index (χ3n) is 5.49. The fourth-order valence-corrected chi connectivity index (χ4v) is 4.54. The fraction of sp³-hybridized carbons (Fsp3) is 1.00. The Bertz CT molecular complexity index is 415. The van der Waals surface area contributed by atoms with Gasteiger partial charge in [-0.1, -0.05) is 104 Å². The molecule has 0 aliphatic rings. The molecule has 0 rings (SSSR count). The van der Waals surface area contributed by atoms with Crippen molar-refractivity contribution < 1.29 is 69.5 Å². The Hall–Kier alpha value is 1.51. The van der Waals surface area contributed by atoms with E-state index in [0.717, 1.165) is 70.6 Å². The number of unbranched alkanes of at least 4 members (excludes halogenated alkanes) is 11. The molecule has 2 atom stereocenters. The van der Waals surface area contributed by atoms with Gasteiger partial charge in [0.1, 0.15) is 0 Å². The van der Waals surface area contributed by atoms with Gasteiger partial charge in [-0.3, -0.25) is 0 Å². The van der Waals surface area contributed by atoms with E-state index in [1.807, 2.05) is 0 Å². The molecule has 0 spiro atoms. The Labute approximate surface area is 218 Å². The minimum Gasteiger partial charge on any atom is -0.748 e. The molecule has 0 aromatic heterocycles. The number of rotatable bonds is 20. The predicted octanol–water partition coefficient (Wildman–Crippen LogP) is 3.33. The molecule has 0 heterocycles. The summed E-state index contributed by atoms with van der Waals surface area (Å²) in [5.41, 5.74) is 0. The first-order valence-electron chi connectivity index (χ1n) is 11.5. The molecule has 0 aromatic rings. The molecule has 0 aliphatic heterocycles. The van der Waals surface area contributed by atoms with Gasteiger partial charge in [0.05, 0.1) is 16.2 Å². The van der Waals surface area contributed by atoms with Gasteiger partial charge in [-0.05, 0) is 25.7 Å². The van der Waals surface area contributed by atoms with Crippen molar-refractivity contribution in [3.8, 4) is 0 Å². The van der Waals surface area contributed by atoms with Crippen molar-refractivity contribution >= 4 is 10.1 Å². The molecule has 164 valence electrons. The Kier molecular flexibility index (Phi) is 24.6. The molecule has 0 aromatic carbocycles. The zero-order valence-corrected chi connectivity index (χ0v) is 22.9. The van der Waals surface area contributed by atoms with E-state index in [4.69, 9.17) is 0 Å². The number of aliphatic hydroxyl groups is 1. The van der Waals surface area contributed by atoms with Gasteiger partial charge in [-0.2, -0.15) is 0 Å². The zero-order valence-electron chi connectivity index (χ0n) is 19.0. The number of hydrogen-bond donors (Lipinski definition) is 1.